The molecule has 0 unspecified atom stereocenters. The third kappa shape index (κ3) is 4.14. The van der Waals surface area contributed by atoms with E-state index >= 15 is 0 Å². The average Bonchev–Trinajstić information content (AvgIpc) is 2.88. The van der Waals surface area contributed by atoms with Crippen molar-refractivity contribution in [2.24, 2.45) is 0 Å². The molecule has 0 amide bonds. The molecule has 3 aromatic rings. The predicted molar refractivity (Wildman–Crippen MR) is 127 cm³/mol. The van der Waals surface area contributed by atoms with Crippen LogP contribution in [-0.4, -0.2) is 31.2 Å². The quantitative estimate of drug-likeness (QED) is 0.250. The number of aromatic nitrogens is 1. The van der Waals surface area contributed by atoms with Crippen LogP contribution in [0.4, 0.5) is 34.1 Å². The molecule has 180 valence electrons. The van der Waals surface area contributed by atoms with Crippen LogP contribution < -0.4 is 4.48 Å². The molecule has 0 atom stereocenters. The molecule has 36 heavy (non-hydrogen) atoms. The first kappa shape index (κ1) is 23.8. The Kier molecular flexibility index (Phi) is 6.02. The van der Waals surface area contributed by atoms with Crippen LogP contribution in [0.3, 0.4) is 0 Å². The topological polar surface area (TPSA) is 185 Å². The smallest absolute Gasteiger partial charge is 0.265 e. The largest absolute Gasteiger partial charge is 0.337 e. The Hall–Kier alpha value is -5.37. The van der Waals surface area contributed by atoms with Crippen LogP contribution in [0.25, 0.3) is 5.57 Å². The van der Waals surface area contributed by atoms with E-state index < -0.39 is 46.9 Å². The van der Waals surface area contributed by atoms with Crippen molar-refractivity contribution in [1.29, 1.82) is 0 Å². The maximum atomic E-state index is 12.0. The summed E-state index contributed by atoms with van der Waals surface area (Å²) < 4.78 is -0.614. The van der Waals surface area contributed by atoms with Gasteiger partial charge in [0.15, 0.2) is 0 Å². The van der Waals surface area contributed by atoms with Gasteiger partial charge in [0, 0.05) is 36.7 Å². The molecule has 2 heterocycles. The predicted octanol–water partition coefficient (Wildman–Crippen LogP) is 4.96. The van der Waals surface area contributed by atoms with E-state index in [0.29, 0.717) is 5.57 Å². The number of hydrogen-bond donors (Lipinski definition) is 0. The lowest BCUT2D eigenvalue weighted by Gasteiger charge is -2.34. The van der Waals surface area contributed by atoms with Crippen LogP contribution in [0.2, 0.25) is 0 Å². The third-order valence-electron chi connectivity index (χ3n) is 5.71. The highest BCUT2D eigenvalue weighted by Gasteiger charge is 2.44. The number of hydrogen-bond acceptors (Lipinski definition) is 9. The molecule has 4 rings (SSSR count). The summed E-state index contributed by atoms with van der Waals surface area (Å²) in [5.74, 6) is 0. The molecule has 0 radical (unpaired) electrons. The molecule has 0 saturated heterocycles. The highest BCUT2D eigenvalue weighted by atomic mass is 16.6. The van der Waals surface area contributed by atoms with Gasteiger partial charge < -0.3 is 0 Å². The van der Waals surface area contributed by atoms with Gasteiger partial charge in [-0.15, -0.1) is 0 Å². The summed E-state index contributed by atoms with van der Waals surface area (Å²) in [6.45, 7) is -0.0640. The zero-order valence-electron chi connectivity index (χ0n) is 18.2. The molecule has 0 saturated carbocycles. The van der Waals surface area contributed by atoms with Gasteiger partial charge in [0.25, 0.3) is 11.4 Å². The molecule has 14 nitrogen and oxygen atoms in total. The van der Waals surface area contributed by atoms with E-state index in [1.165, 1.54) is 6.20 Å². The molecule has 0 spiro atoms. The summed E-state index contributed by atoms with van der Waals surface area (Å²) >= 11 is 0. The number of pyridine rings is 1. The SMILES string of the molecule is O=[N+]([O-])c1ccc([N+]2(c3ccc([N+](=O)[O-])cc3[N+](=O)[O-])C=CC(c3ccncc3)=CC2)c([N+](=O)[O-])c1. The fourth-order valence-corrected chi connectivity index (χ4v) is 4.04. The Labute approximate surface area is 201 Å². The highest BCUT2D eigenvalue weighted by Crippen LogP contribution is 2.48. The second kappa shape index (κ2) is 9.11. The zero-order valence-corrected chi connectivity index (χ0v) is 18.2. The van der Waals surface area contributed by atoms with Gasteiger partial charge in [-0.2, -0.15) is 0 Å². The van der Waals surface area contributed by atoms with Crippen molar-refractivity contribution in [1.82, 2.24) is 9.47 Å². The molecule has 2 aromatic carbocycles. The molecule has 1 aliphatic rings. The van der Waals surface area contributed by atoms with Gasteiger partial charge in [0.05, 0.1) is 19.7 Å². The lowest BCUT2D eigenvalue weighted by Crippen LogP contribution is -2.41. The Morgan fingerprint density at radius 2 is 1.19 bits per heavy atom. The maximum absolute atomic E-state index is 12.0. The Bertz CT molecular complexity index is 1410. The monoisotopic (exact) mass is 491 g/mol. The number of benzene rings is 2. The fourth-order valence-electron chi connectivity index (χ4n) is 4.04. The lowest BCUT2D eigenvalue weighted by molar-refractivity contribution is -0.394. The van der Waals surface area contributed by atoms with Crippen LogP contribution >= 0.6 is 0 Å². The molecule has 0 bridgehead atoms. The normalized spacial score (nSPS) is 14.1. The van der Waals surface area contributed by atoms with Crippen molar-refractivity contribution >= 4 is 39.7 Å². The number of nitro groups is 4. The van der Waals surface area contributed by atoms with Crippen molar-refractivity contribution in [3.8, 4) is 0 Å². The molecular weight excluding hydrogens is 476 g/mol. The highest BCUT2D eigenvalue weighted by molar-refractivity contribution is 5.83. The number of quaternary nitrogens is 1. The summed E-state index contributed by atoms with van der Waals surface area (Å²) in [5.41, 5.74) is -1.04. The van der Waals surface area contributed by atoms with Gasteiger partial charge in [-0.05, 0) is 35.4 Å². The summed E-state index contributed by atoms with van der Waals surface area (Å²) in [7, 11) is 0. The fraction of sp³-hybridized carbons (Fsp3) is 0.0455. The van der Waals surface area contributed by atoms with E-state index in [1.807, 2.05) is 0 Å². The Morgan fingerprint density at radius 1 is 0.694 bits per heavy atom. The number of allylic oxidation sites excluding steroid dienone is 2. The van der Waals surface area contributed by atoms with Gasteiger partial charge in [-0.25, -0.2) is 4.48 Å². The van der Waals surface area contributed by atoms with Crippen LogP contribution in [0.1, 0.15) is 5.56 Å². The van der Waals surface area contributed by atoms with E-state index in [-0.39, 0.29) is 17.9 Å². The van der Waals surface area contributed by atoms with Crippen molar-refractivity contribution in [2.45, 2.75) is 0 Å². The number of nitro benzene ring substituents is 4. The van der Waals surface area contributed by atoms with Crippen LogP contribution in [-0.2, 0) is 0 Å². The van der Waals surface area contributed by atoms with Crippen molar-refractivity contribution < 1.29 is 19.7 Å². The number of rotatable bonds is 7. The Morgan fingerprint density at radius 3 is 1.58 bits per heavy atom. The second-order valence-electron chi connectivity index (χ2n) is 7.64. The molecule has 1 aromatic heterocycles. The summed E-state index contributed by atoms with van der Waals surface area (Å²) in [4.78, 5) is 47.2. The van der Waals surface area contributed by atoms with E-state index in [9.17, 15) is 40.5 Å². The third-order valence-corrected chi connectivity index (χ3v) is 5.71. The van der Waals surface area contributed by atoms with Crippen LogP contribution in [0.5, 0.6) is 0 Å². The first-order valence-corrected chi connectivity index (χ1v) is 10.2. The summed E-state index contributed by atoms with van der Waals surface area (Å²) in [5, 5.41) is 46.4. The molecular formula is C22H15N6O8+. The lowest BCUT2D eigenvalue weighted by atomic mass is 10.0. The van der Waals surface area contributed by atoms with E-state index in [1.54, 1.807) is 36.7 Å². The standard InChI is InChI=1S/C22H15N6O8/c29-24(30)17-1-3-21(19(13-17)26(33)34)28(11-7-16(8-12-28)15-5-9-23-10-6-15)22-4-2-18(25(31)32)14-20(22)27(35)36/h1-11,13-14H,12H2/q+1. The molecule has 1 aliphatic heterocycles. The number of nitrogens with zero attached hydrogens (tertiary/aromatic N) is 6. The van der Waals surface area contributed by atoms with Gasteiger partial charge in [-0.1, -0.05) is 0 Å². The minimum atomic E-state index is -0.810. The van der Waals surface area contributed by atoms with Gasteiger partial charge in [-0.3, -0.25) is 45.4 Å². The van der Waals surface area contributed by atoms with Crippen molar-refractivity contribution in [3.63, 3.8) is 0 Å². The van der Waals surface area contributed by atoms with Crippen LogP contribution in [0.15, 0.2) is 79.3 Å². The maximum Gasteiger partial charge on any atom is 0.337 e. The minimum absolute atomic E-state index is 0.0640. The van der Waals surface area contributed by atoms with E-state index in [4.69, 9.17) is 0 Å². The first-order chi connectivity index (χ1) is 17.1. The van der Waals surface area contributed by atoms with Gasteiger partial charge >= 0.3 is 11.4 Å². The molecule has 0 aliphatic carbocycles. The molecule has 0 fully saturated rings. The van der Waals surface area contributed by atoms with Crippen molar-refractivity contribution in [2.75, 3.05) is 6.54 Å². The average molecular weight is 491 g/mol. The summed E-state index contributed by atoms with van der Waals surface area (Å²) in [6, 6.07) is 9.49. The summed E-state index contributed by atoms with van der Waals surface area (Å²) in [6.07, 6.45) is 7.94. The minimum Gasteiger partial charge on any atom is -0.265 e. The van der Waals surface area contributed by atoms with E-state index in [2.05, 4.69) is 4.98 Å². The molecule has 14 heteroatoms. The van der Waals surface area contributed by atoms with E-state index in [0.717, 1.165) is 42.0 Å². The molecule has 0 N–H and O–H groups in total. The van der Waals surface area contributed by atoms with Gasteiger partial charge in [0.2, 0.25) is 11.4 Å². The van der Waals surface area contributed by atoms with Crippen LogP contribution in [0, 0.1) is 40.5 Å². The first-order valence-electron chi connectivity index (χ1n) is 10.2. The van der Waals surface area contributed by atoms with Gasteiger partial charge in [0.1, 0.15) is 24.9 Å². The second-order valence-corrected chi connectivity index (χ2v) is 7.64. The zero-order chi connectivity index (χ0) is 26.0. The van der Waals surface area contributed by atoms with Crippen molar-refractivity contribution in [3.05, 3.63) is 125 Å². The Balaban J connectivity index is 2.00. The number of non-ortho nitro benzene ring substituents is 2.